The third kappa shape index (κ3) is 3.18. The van der Waals surface area contributed by atoms with E-state index in [-0.39, 0.29) is 5.75 Å². The number of benzene rings is 2. The van der Waals surface area contributed by atoms with Gasteiger partial charge in [-0.2, -0.15) is 0 Å². The molecule has 2 N–H and O–H groups in total. The molecule has 0 unspecified atom stereocenters. The summed E-state index contributed by atoms with van der Waals surface area (Å²) in [5.74, 6) is 0.210. The molecule has 0 radical (unpaired) electrons. The van der Waals surface area contributed by atoms with Gasteiger partial charge in [0.1, 0.15) is 5.75 Å². The lowest BCUT2D eigenvalue weighted by Crippen LogP contribution is -2.00. The Hall–Kier alpha value is -1.19. The lowest BCUT2D eigenvalue weighted by Gasteiger charge is -2.10. The minimum absolute atomic E-state index is 0.210. The second-order valence-corrected chi connectivity index (χ2v) is 5.43. The average molecular weight is 327 g/mol. The maximum Gasteiger partial charge on any atom is 0.122 e. The molecule has 0 spiro atoms. The first kappa shape index (κ1) is 13.2. The standard InChI is InChI=1S/C14H13BrClNO/c1-9-5-10(15)7-11(6-9)17-8-12-13(16)3-2-4-14(12)18/h2-7,17-18H,8H2,1H3. The SMILES string of the molecule is Cc1cc(Br)cc(NCc2c(O)cccc2Cl)c1. The van der Waals surface area contributed by atoms with Crippen molar-refractivity contribution in [3.05, 3.63) is 57.0 Å². The number of aryl methyl sites for hydroxylation is 1. The van der Waals surface area contributed by atoms with E-state index in [1.807, 2.05) is 25.1 Å². The number of hydrogen-bond acceptors (Lipinski definition) is 2. The van der Waals surface area contributed by atoms with E-state index in [9.17, 15) is 5.11 Å². The Morgan fingerprint density at radius 2 is 2.06 bits per heavy atom. The van der Waals surface area contributed by atoms with Gasteiger partial charge in [0.2, 0.25) is 0 Å². The number of aromatic hydroxyl groups is 1. The quantitative estimate of drug-likeness (QED) is 0.854. The molecule has 0 aliphatic rings. The predicted octanol–water partition coefficient (Wildman–Crippen LogP) is 4.73. The van der Waals surface area contributed by atoms with Crippen molar-refractivity contribution >= 4 is 33.2 Å². The van der Waals surface area contributed by atoms with Gasteiger partial charge >= 0.3 is 0 Å². The topological polar surface area (TPSA) is 32.3 Å². The van der Waals surface area contributed by atoms with Gasteiger partial charge in [0.25, 0.3) is 0 Å². The fourth-order valence-electron chi connectivity index (χ4n) is 1.75. The number of rotatable bonds is 3. The smallest absolute Gasteiger partial charge is 0.122 e. The highest BCUT2D eigenvalue weighted by Crippen LogP contribution is 2.27. The second-order valence-electron chi connectivity index (χ2n) is 4.11. The van der Waals surface area contributed by atoms with E-state index in [0.29, 0.717) is 17.1 Å². The first-order valence-electron chi connectivity index (χ1n) is 5.53. The molecule has 0 aliphatic carbocycles. The van der Waals surface area contributed by atoms with Crippen molar-refractivity contribution in [2.45, 2.75) is 13.5 Å². The van der Waals surface area contributed by atoms with Crippen LogP contribution in [-0.4, -0.2) is 5.11 Å². The summed E-state index contributed by atoms with van der Waals surface area (Å²) in [4.78, 5) is 0. The van der Waals surface area contributed by atoms with Gasteiger partial charge in [-0.15, -0.1) is 0 Å². The van der Waals surface area contributed by atoms with Crippen molar-refractivity contribution in [1.82, 2.24) is 0 Å². The third-order valence-corrected chi connectivity index (χ3v) is 3.42. The molecule has 0 saturated heterocycles. The Morgan fingerprint density at radius 1 is 1.28 bits per heavy atom. The van der Waals surface area contributed by atoms with Crippen molar-refractivity contribution in [2.75, 3.05) is 5.32 Å². The van der Waals surface area contributed by atoms with Gasteiger partial charge in [0.15, 0.2) is 0 Å². The van der Waals surface area contributed by atoms with E-state index in [4.69, 9.17) is 11.6 Å². The van der Waals surface area contributed by atoms with E-state index >= 15 is 0 Å². The largest absolute Gasteiger partial charge is 0.508 e. The van der Waals surface area contributed by atoms with Crippen molar-refractivity contribution in [3.63, 3.8) is 0 Å². The summed E-state index contributed by atoms with van der Waals surface area (Å²) in [7, 11) is 0. The molecule has 2 aromatic rings. The van der Waals surface area contributed by atoms with Crippen LogP contribution in [0.2, 0.25) is 5.02 Å². The average Bonchev–Trinajstić information content (AvgIpc) is 2.27. The van der Waals surface area contributed by atoms with Gasteiger partial charge in [-0.05, 0) is 42.8 Å². The molecular weight excluding hydrogens is 314 g/mol. The van der Waals surface area contributed by atoms with Crippen LogP contribution in [0.3, 0.4) is 0 Å². The van der Waals surface area contributed by atoms with Gasteiger partial charge in [-0.25, -0.2) is 0 Å². The molecule has 0 fully saturated rings. The summed E-state index contributed by atoms with van der Waals surface area (Å²) < 4.78 is 1.02. The molecular formula is C14H13BrClNO. The maximum atomic E-state index is 9.74. The molecule has 4 heteroatoms. The molecule has 0 heterocycles. The Kier molecular flexibility index (Phi) is 4.15. The number of anilines is 1. The normalized spacial score (nSPS) is 10.4. The Morgan fingerprint density at radius 3 is 2.72 bits per heavy atom. The zero-order valence-corrected chi connectivity index (χ0v) is 12.2. The van der Waals surface area contributed by atoms with Crippen molar-refractivity contribution in [2.24, 2.45) is 0 Å². The van der Waals surface area contributed by atoms with Crippen LogP contribution in [0.25, 0.3) is 0 Å². The van der Waals surface area contributed by atoms with Gasteiger partial charge in [-0.3, -0.25) is 0 Å². The molecule has 0 aliphatic heterocycles. The number of halogens is 2. The molecule has 0 aromatic heterocycles. The lowest BCUT2D eigenvalue weighted by atomic mass is 10.2. The van der Waals surface area contributed by atoms with Gasteiger partial charge in [0.05, 0.1) is 0 Å². The number of hydrogen-bond donors (Lipinski definition) is 2. The van der Waals surface area contributed by atoms with Crippen LogP contribution in [0.1, 0.15) is 11.1 Å². The minimum Gasteiger partial charge on any atom is -0.508 e. The lowest BCUT2D eigenvalue weighted by molar-refractivity contribution is 0.469. The van der Waals surface area contributed by atoms with E-state index in [1.165, 1.54) is 0 Å². The molecule has 2 aromatic carbocycles. The summed E-state index contributed by atoms with van der Waals surface area (Å²) in [6.07, 6.45) is 0. The van der Waals surface area contributed by atoms with Crippen LogP contribution in [-0.2, 0) is 6.54 Å². The van der Waals surface area contributed by atoms with Gasteiger partial charge in [0, 0.05) is 27.3 Å². The Balaban J connectivity index is 2.16. The van der Waals surface area contributed by atoms with E-state index in [1.54, 1.807) is 18.2 Å². The molecule has 0 atom stereocenters. The van der Waals surface area contributed by atoms with Crippen LogP contribution < -0.4 is 5.32 Å². The Labute approximate surface area is 120 Å². The van der Waals surface area contributed by atoms with E-state index < -0.39 is 0 Å². The van der Waals surface area contributed by atoms with Crippen LogP contribution in [0.15, 0.2) is 40.9 Å². The fourth-order valence-corrected chi connectivity index (χ4v) is 2.60. The van der Waals surface area contributed by atoms with E-state index in [0.717, 1.165) is 15.7 Å². The zero-order valence-electron chi connectivity index (χ0n) is 9.87. The summed E-state index contributed by atoms with van der Waals surface area (Å²) in [6.45, 7) is 2.52. The molecule has 0 bridgehead atoms. The number of phenolic OH excluding ortho intramolecular Hbond substituents is 1. The first-order chi connectivity index (χ1) is 8.56. The van der Waals surface area contributed by atoms with Crippen LogP contribution in [0.5, 0.6) is 5.75 Å². The summed E-state index contributed by atoms with van der Waals surface area (Å²) >= 11 is 9.50. The van der Waals surface area contributed by atoms with Gasteiger partial charge < -0.3 is 10.4 Å². The molecule has 0 amide bonds. The van der Waals surface area contributed by atoms with E-state index in [2.05, 4.69) is 21.2 Å². The van der Waals surface area contributed by atoms with Crippen molar-refractivity contribution in [1.29, 1.82) is 0 Å². The molecule has 2 rings (SSSR count). The number of phenols is 1. The van der Waals surface area contributed by atoms with Crippen LogP contribution in [0.4, 0.5) is 5.69 Å². The van der Waals surface area contributed by atoms with Gasteiger partial charge in [-0.1, -0.05) is 33.6 Å². The van der Waals surface area contributed by atoms with Crippen molar-refractivity contribution in [3.8, 4) is 5.75 Å². The number of nitrogens with one attached hydrogen (secondary N) is 1. The summed E-state index contributed by atoms with van der Waals surface area (Å²) in [5.41, 5.74) is 2.85. The van der Waals surface area contributed by atoms with Crippen LogP contribution in [0, 0.1) is 6.92 Å². The highest BCUT2D eigenvalue weighted by atomic mass is 79.9. The minimum atomic E-state index is 0.210. The fraction of sp³-hybridized carbons (Fsp3) is 0.143. The third-order valence-electron chi connectivity index (χ3n) is 2.61. The first-order valence-corrected chi connectivity index (χ1v) is 6.71. The zero-order chi connectivity index (χ0) is 13.1. The highest BCUT2D eigenvalue weighted by Gasteiger charge is 2.06. The summed E-state index contributed by atoms with van der Waals surface area (Å²) in [5, 5.41) is 13.6. The summed E-state index contributed by atoms with van der Waals surface area (Å²) in [6, 6.07) is 11.2. The molecule has 94 valence electrons. The van der Waals surface area contributed by atoms with Crippen LogP contribution >= 0.6 is 27.5 Å². The van der Waals surface area contributed by atoms with Crippen molar-refractivity contribution < 1.29 is 5.11 Å². The molecule has 0 saturated carbocycles. The Bertz CT molecular complexity index is 531. The predicted molar refractivity (Wildman–Crippen MR) is 79.3 cm³/mol. The monoisotopic (exact) mass is 325 g/mol. The second kappa shape index (κ2) is 5.63. The molecule has 18 heavy (non-hydrogen) atoms. The maximum absolute atomic E-state index is 9.74. The highest BCUT2D eigenvalue weighted by molar-refractivity contribution is 9.10. The molecule has 2 nitrogen and oxygen atoms in total.